The number of hydrogen-bond acceptors (Lipinski definition) is 5. The molecule has 2 N–H and O–H groups in total. The molecule has 0 spiro atoms. The molecule has 0 radical (unpaired) electrons. The van der Waals surface area contributed by atoms with E-state index in [1.165, 1.54) is 44.6 Å². The number of anilines is 1. The standard InChI is InChI=1S/C21H29BrN4O2/c1-3-4-5-6-7-8-9-12-28-19-11-10-17(14-18(19)22)15-23-26-21-24-16(2)13-20(27)25-21/h10-11,13-15H,3-9,12H2,1-2H3,(H2,24,25,26,27)/b23-15-. The van der Waals surface area contributed by atoms with Gasteiger partial charge in [-0.25, -0.2) is 10.4 Å². The Hall–Kier alpha value is -2.15. The summed E-state index contributed by atoms with van der Waals surface area (Å²) >= 11 is 3.55. The Labute approximate surface area is 175 Å². The Morgan fingerprint density at radius 2 is 1.93 bits per heavy atom. The molecule has 0 bridgehead atoms. The number of nitrogens with one attached hydrogen (secondary N) is 2. The quantitative estimate of drug-likeness (QED) is 0.258. The van der Waals surface area contributed by atoms with Gasteiger partial charge in [0.05, 0.1) is 17.3 Å². The van der Waals surface area contributed by atoms with E-state index in [1.54, 1.807) is 13.1 Å². The predicted octanol–water partition coefficient (Wildman–Crippen LogP) is 5.42. The first-order valence-corrected chi connectivity index (χ1v) is 10.7. The van der Waals surface area contributed by atoms with Crippen LogP contribution in [0.2, 0.25) is 0 Å². The second kappa shape index (κ2) is 12.3. The Balaban J connectivity index is 1.76. The summed E-state index contributed by atoms with van der Waals surface area (Å²) in [6.45, 7) is 4.73. The first-order chi connectivity index (χ1) is 13.6. The minimum atomic E-state index is -0.213. The monoisotopic (exact) mass is 448 g/mol. The molecule has 28 heavy (non-hydrogen) atoms. The number of aromatic nitrogens is 2. The third kappa shape index (κ3) is 8.25. The van der Waals surface area contributed by atoms with Gasteiger partial charge >= 0.3 is 0 Å². The summed E-state index contributed by atoms with van der Waals surface area (Å²) in [4.78, 5) is 18.1. The van der Waals surface area contributed by atoms with Crippen LogP contribution in [0.3, 0.4) is 0 Å². The van der Waals surface area contributed by atoms with E-state index in [1.807, 2.05) is 18.2 Å². The van der Waals surface area contributed by atoms with Crippen LogP contribution in [0.25, 0.3) is 0 Å². The van der Waals surface area contributed by atoms with Gasteiger partial charge in [-0.15, -0.1) is 0 Å². The predicted molar refractivity (Wildman–Crippen MR) is 118 cm³/mol. The number of halogens is 1. The number of aromatic amines is 1. The van der Waals surface area contributed by atoms with Crippen LogP contribution in [0.15, 0.2) is 38.6 Å². The van der Waals surface area contributed by atoms with Crippen molar-refractivity contribution >= 4 is 28.1 Å². The van der Waals surface area contributed by atoms with Crippen LogP contribution in [0.4, 0.5) is 5.95 Å². The van der Waals surface area contributed by atoms with Crippen LogP contribution < -0.4 is 15.7 Å². The van der Waals surface area contributed by atoms with Gasteiger partial charge in [0.1, 0.15) is 5.75 Å². The normalized spacial score (nSPS) is 11.1. The van der Waals surface area contributed by atoms with Crippen LogP contribution in [0, 0.1) is 6.92 Å². The molecule has 0 aliphatic rings. The van der Waals surface area contributed by atoms with E-state index in [0.717, 1.165) is 28.8 Å². The molecule has 152 valence electrons. The van der Waals surface area contributed by atoms with Crippen molar-refractivity contribution in [3.8, 4) is 5.75 Å². The second-order valence-electron chi connectivity index (χ2n) is 6.77. The first kappa shape index (κ1) is 22.1. The zero-order valence-electron chi connectivity index (χ0n) is 16.6. The van der Waals surface area contributed by atoms with E-state index >= 15 is 0 Å². The van der Waals surface area contributed by atoms with Crippen LogP contribution in [0.5, 0.6) is 5.75 Å². The number of hydrazone groups is 1. The smallest absolute Gasteiger partial charge is 0.252 e. The molecular weight excluding hydrogens is 420 g/mol. The van der Waals surface area contributed by atoms with Crippen LogP contribution >= 0.6 is 15.9 Å². The van der Waals surface area contributed by atoms with E-state index in [9.17, 15) is 4.79 Å². The molecule has 0 aliphatic heterocycles. The molecule has 0 unspecified atom stereocenters. The summed E-state index contributed by atoms with van der Waals surface area (Å²) in [5.74, 6) is 1.15. The van der Waals surface area contributed by atoms with Gasteiger partial charge in [0, 0.05) is 11.8 Å². The van der Waals surface area contributed by atoms with Gasteiger partial charge in [0.2, 0.25) is 5.95 Å². The number of unbranched alkanes of at least 4 members (excludes halogenated alkanes) is 6. The van der Waals surface area contributed by atoms with Crippen LogP contribution in [-0.4, -0.2) is 22.8 Å². The van der Waals surface area contributed by atoms with Gasteiger partial charge < -0.3 is 4.74 Å². The number of nitrogens with zero attached hydrogens (tertiary/aromatic N) is 2. The molecule has 2 rings (SSSR count). The van der Waals surface area contributed by atoms with Crippen molar-refractivity contribution in [2.45, 2.75) is 58.8 Å². The molecule has 7 heteroatoms. The third-order valence-electron chi connectivity index (χ3n) is 4.22. The van der Waals surface area contributed by atoms with Crippen molar-refractivity contribution in [3.63, 3.8) is 0 Å². The molecule has 1 heterocycles. The number of hydrogen-bond donors (Lipinski definition) is 2. The summed E-state index contributed by atoms with van der Waals surface area (Å²) in [6.07, 6.45) is 10.5. The molecular formula is C21H29BrN4O2. The van der Waals surface area contributed by atoms with Gasteiger partial charge in [-0.2, -0.15) is 5.10 Å². The lowest BCUT2D eigenvalue weighted by molar-refractivity contribution is 0.302. The maximum Gasteiger partial charge on any atom is 0.252 e. The number of rotatable bonds is 12. The lowest BCUT2D eigenvalue weighted by Gasteiger charge is -2.09. The summed E-state index contributed by atoms with van der Waals surface area (Å²) in [7, 11) is 0. The van der Waals surface area contributed by atoms with Gasteiger partial charge in [-0.1, -0.05) is 45.4 Å². The summed E-state index contributed by atoms with van der Waals surface area (Å²) in [6, 6.07) is 7.23. The lowest BCUT2D eigenvalue weighted by Crippen LogP contribution is -2.10. The average molecular weight is 449 g/mol. The van der Waals surface area contributed by atoms with Crippen LogP contribution in [0.1, 0.15) is 63.1 Å². The number of benzene rings is 1. The molecule has 2 aromatic rings. The molecule has 0 saturated carbocycles. The summed E-state index contributed by atoms with van der Waals surface area (Å²) in [5, 5.41) is 4.11. The van der Waals surface area contributed by atoms with Crippen molar-refractivity contribution < 1.29 is 4.74 Å². The first-order valence-electron chi connectivity index (χ1n) is 9.88. The molecule has 1 aromatic heterocycles. The zero-order chi connectivity index (χ0) is 20.2. The highest BCUT2D eigenvalue weighted by Crippen LogP contribution is 2.25. The van der Waals surface area contributed by atoms with E-state index in [0.29, 0.717) is 11.6 Å². The largest absolute Gasteiger partial charge is 0.492 e. The highest BCUT2D eigenvalue weighted by molar-refractivity contribution is 9.10. The van der Waals surface area contributed by atoms with Gasteiger partial charge in [-0.3, -0.25) is 9.78 Å². The fourth-order valence-electron chi connectivity index (χ4n) is 2.76. The number of ether oxygens (including phenoxy) is 1. The average Bonchev–Trinajstić information content (AvgIpc) is 2.64. The fourth-order valence-corrected chi connectivity index (χ4v) is 3.27. The molecule has 0 atom stereocenters. The molecule has 0 amide bonds. The van der Waals surface area contributed by atoms with E-state index < -0.39 is 0 Å². The fraction of sp³-hybridized carbons (Fsp3) is 0.476. The zero-order valence-corrected chi connectivity index (χ0v) is 18.2. The minimum absolute atomic E-state index is 0.213. The summed E-state index contributed by atoms with van der Waals surface area (Å²) in [5.41, 5.74) is 4.05. The van der Waals surface area contributed by atoms with E-state index in [4.69, 9.17) is 4.74 Å². The SMILES string of the molecule is CCCCCCCCCOc1ccc(/C=N\Nc2nc(C)cc(=O)[nH]2)cc1Br. The van der Waals surface area contributed by atoms with Gasteiger partial charge in [-0.05, 0) is 53.0 Å². The second-order valence-corrected chi connectivity index (χ2v) is 7.62. The molecule has 0 fully saturated rings. The van der Waals surface area contributed by atoms with Gasteiger partial charge in [0.15, 0.2) is 0 Å². The molecule has 0 saturated heterocycles. The minimum Gasteiger partial charge on any atom is -0.492 e. The van der Waals surface area contributed by atoms with Crippen LogP contribution in [-0.2, 0) is 0 Å². The maximum atomic E-state index is 11.4. The topological polar surface area (TPSA) is 79.4 Å². The van der Waals surface area contributed by atoms with Gasteiger partial charge in [0.25, 0.3) is 5.56 Å². The lowest BCUT2D eigenvalue weighted by atomic mass is 10.1. The maximum absolute atomic E-state index is 11.4. The number of aryl methyl sites for hydroxylation is 1. The van der Waals surface area contributed by atoms with Crippen molar-refractivity contribution in [1.82, 2.24) is 9.97 Å². The van der Waals surface area contributed by atoms with E-state index in [-0.39, 0.29) is 5.56 Å². The Morgan fingerprint density at radius 3 is 2.64 bits per heavy atom. The van der Waals surface area contributed by atoms with Crippen molar-refractivity contribution in [3.05, 3.63) is 50.3 Å². The molecule has 1 aromatic carbocycles. The highest BCUT2D eigenvalue weighted by atomic mass is 79.9. The van der Waals surface area contributed by atoms with Crippen molar-refractivity contribution in [2.75, 3.05) is 12.0 Å². The molecule has 0 aliphatic carbocycles. The van der Waals surface area contributed by atoms with Crippen molar-refractivity contribution in [2.24, 2.45) is 5.10 Å². The molecule has 6 nitrogen and oxygen atoms in total. The van der Waals surface area contributed by atoms with E-state index in [2.05, 4.69) is 43.3 Å². The Kier molecular flexibility index (Phi) is 9.76. The summed E-state index contributed by atoms with van der Waals surface area (Å²) < 4.78 is 6.75. The Bertz CT molecular complexity index is 820. The third-order valence-corrected chi connectivity index (χ3v) is 4.83. The Morgan fingerprint density at radius 1 is 1.18 bits per heavy atom. The number of H-pyrrole nitrogens is 1. The van der Waals surface area contributed by atoms with Crippen molar-refractivity contribution in [1.29, 1.82) is 0 Å². The highest BCUT2D eigenvalue weighted by Gasteiger charge is 2.02.